The molecule has 0 radical (unpaired) electrons. The summed E-state index contributed by atoms with van der Waals surface area (Å²) in [6, 6.07) is 15.2. The average molecular weight is 368 g/mol. The molecule has 2 aromatic carbocycles. The number of benzene rings is 2. The number of hydrogen-bond acceptors (Lipinski definition) is 5. The smallest absolute Gasteiger partial charge is 0.164 e. The van der Waals surface area contributed by atoms with E-state index in [1.54, 1.807) is 7.11 Å². The Morgan fingerprint density at radius 1 is 1.04 bits per heavy atom. The minimum absolute atomic E-state index is 0.409. The fraction of sp³-hybridized carbons (Fsp3) is 0.455. The molecule has 1 fully saturated rings. The first-order chi connectivity index (χ1) is 13.2. The van der Waals surface area contributed by atoms with E-state index < -0.39 is 0 Å². The summed E-state index contributed by atoms with van der Waals surface area (Å²) in [5.41, 5.74) is 2.52. The van der Waals surface area contributed by atoms with Gasteiger partial charge in [-0.05, 0) is 18.7 Å². The van der Waals surface area contributed by atoms with E-state index in [1.807, 2.05) is 6.07 Å². The summed E-state index contributed by atoms with van der Waals surface area (Å²) in [4.78, 5) is 4.94. The van der Waals surface area contributed by atoms with Crippen LogP contribution in [0.25, 0.3) is 0 Å². The highest BCUT2D eigenvalue weighted by atomic mass is 16.5. The number of nitrogens with zero attached hydrogens (tertiary/aromatic N) is 2. The van der Waals surface area contributed by atoms with Crippen LogP contribution in [-0.2, 0) is 6.54 Å². The minimum atomic E-state index is 0.409. The Kier molecular flexibility index (Phi) is 5.50. The van der Waals surface area contributed by atoms with Crippen LogP contribution in [0.2, 0.25) is 0 Å². The van der Waals surface area contributed by atoms with Crippen molar-refractivity contribution in [3.63, 3.8) is 0 Å². The van der Waals surface area contributed by atoms with Crippen LogP contribution in [0, 0.1) is 0 Å². The van der Waals surface area contributed by atoms with E-state index in [0.717, 1.165) is 55.4 Å². The molecular formula is C22H28N2O3. The highest BCUT2D eigenvalue weighted by Crippen LogP contribution is 2.37. The second-order valence-electron chi connectivity index (χ2n) is 7.30. The SMILES string of the molecule is COc1cc2c(cc1CN1CCN(C)C(c3ccccc3)C1)OCCCO2. The molecule has 2 heterocycles. The van der Waals surface area contributed by atoms with Crippen LogP contribution in [0.5, 0.6) is 17.2 Å². The highest BCUT2D eigenvalue weighted by molar-refractivity contribution is 5.51. The molecule has 2 aromatic rings. The van der Waals surface area contributed by atoms with E-state index in [2.05, 4.69) is 53.2 Å². The van der Waals surface area contributed by atoms with E-state index in [9.17, 15) is 0 Å². The zero-order chi connectivity index (χ0) is 18.6. The van der Waals surface area contributed by atoms with Gasteiger partial charge in [0.15, 0.2) is 11.5 Å². The minimum Gasteiger partial charge on any atom is -0.496 e. The molecule has 0 bridgehead atoms. The summed E-state index contributed by atoms with van der Waals surface area (Å²) in [6.07, 6.45) is 0.906. The molecule has 0 amide bonds. The highest BCUT2D eigenvalue weighted by Gasteiger charge is 2.26. The molecule has 0 aliphatic carbocycles. The van der Waals surface area contributed by atoms with Crippen molar-refractivity contribution < 1.29 is 14.2 Å². The van der Waals surface area contributed by atoms with Crippen molar-refractivity contribution >= 4 is 0 Å². The largest absolute Gasteiger partial charge is 0.496 e. The zero-order valence-electron chi connectivity index (χ0n) is 16.2. The molecule has 5 heteroatoms. The van der Waals surface area contributed by atoms with Crippen molar-refractivity contribution in [2.24, 2.45) is 0 Å². The summed E-state index contributed by atoms with van der Waals surface area (Å²) in [5.74, 6) is 2.49. The van der Waals surface area contributed by atoms with E-state index in [4.69, 9.17) is 14.2 Å². The fourth-order valence-corrected chi connectivity index (χ4v) is 3.90. The van der Waals surface area contributed by atoms with Crippen molar-refractivity contribution in [2.75, 3.05) is 47.0 Å². The van der Waals surface area contributed by atoms with E-state index in [0.29, 0.717) is 19.3 Å². The second-order valence-corrected chi connectivity index (χ2v) is 7.30. The van der Waals surface area contributed by atoms with Crippen molar-refractivity contribution in [1.82, 2.24) is 9.80 Å². The maximum Gasteiger partial charge on any atom is 0.164 e. The average Bonchev–Trinajstić information content (AvgIpc) is 2.94. The molecule has 2 aliphatic heterocycles. The van der Waals surface area contributed by atoms with Gasteiger partial charge in [0.1, 0.15) is 5.75 Å². The molecule has 27 heavy (non-hydrogen) atoms. The van der Waals surface area contributed by atoms with E-state index in [1.165, 1.54) is 5.56 Å². The van der Waals surface area contributed by atoms with Gasteiger partial charge in [0.25, 0.3) is 0 Å². The van der Waals surface area contributed by atoms with Gasteiger partial charge in [0, 0.05) is 50.3 Å². The maximum absolute atomic E-state index is 5.88. The predicted octanol–water partition coefficient (Wildman–Crippen LogP) is 3.35. The molecule has 1 saturated heterocycles. The molecule has 1 atom stereocenters. The maximum atomic E-state index is 5.88. The number of ether oxygens (including phenoxy) is 3. The van der Waals surface area contributed by atoms with Crippen LogP contribution in [0.15, 0.2) is 42.5 Å². The summed E-state index contributed by atoms with van der Waals surface area (Å²) in [7, 11) is 3.93. The van der Waals surface area contributed by atoms with Gasteiger partial charge in [0.2, 0.25) is 0 Å². The molecule has 0 spiro atoms. The summed E-state index contributed by atoms with van der Waals surface area (Å²) < 4.78 is 17.3. The molecule has 1 unspecified atom stereocenters. The lowest BCUT2D eigenvalue weighted by Crippen LogP contribution is -2.46. The van der Waals surface area contributed by atoms with Crippen LogP contribution in [-0.4, -0.2) is 56.8 Å². The normalized spacial score (nSPS) is 20.9. The number of rotatable bonds is 4. The Morgan fingerprint density at radius 2 is 1.78 bits per heavy atom. The molecule has 4 rings (SSSR count). The van der Waals surface area contributed by atoms with Gasteiger partial charge in [-0.3, -0.25) is 9.80 Å². The first-order valence-electron chi connectivity index (χ1n) is 9.68. The third kappa shape index (κ3) is 4.04. The number of hydrogen-bond donors (Lipinski definition) is 0. The third-order valence-corrected chi connectivity index (χ3v) is 5.46. The van der Waals surface area contributed by atoms with Gasteiger partial charge in [-0.15, -0.1) is 0 Å². The number of piperazine rings is 1. The fourth-order valence-electron chi connectivity index (χ4n) is 3.90. The molecule has 0 saturated carbocycles. The van der Waals surface area contributed by atoms with Crippen LogP contribution in [0.1, 0.15) is 23.6 Å². The number of methoxy groups -OCH3 is 1. The topological polar surface area (TPSA) is 34.2 Å². The predicted molar refractivity (Wildman–Crippen MR) is 106 cm³/mol. The standard InChI is InChI=1S/C22H28N2O3/c1-23-9-10-24(16-19(23)17-7-4-3-5-8-17)15-18-13-21-22(14-20(18)25-2)27-12-6-11-26-21/h3-5,7-8,13-14,19H,6,9-12,15-16H2,1-2H3. The monoisotopic (exact) mass is 368 g/mol. The van der Waals surface area contributed by atoms with Crippen molar-refractivity contribution in [3.8, 4) is 17.2 Å². The lowest BCUT2D eigenvalue weighted by atomic mass is 10.0. The summed E-state index contributed by atoms with van der Waals surface area (Å²) >= 11 is 0. The number of likely N-dealkylation sites (N-methyl/N-ethyl adjacent to an activating group) is 1. The Balaban J connectivity index is 1.54. The molecule has 0 aromatic heterocycles. The first-order valence-corrected chi connectivity index (χ1v) is 9.68. The van der Waals surface area contributed by atoms with Crippen LogP contribution in [0.4, 0.5) is 0 Å². The third-order valence-electron chi connectivity index (χ3n) is 5.46. The van der Waals surface area contributed by atoms with E-state index in [-0.39, 0.29) is 0 Å². The Labute approximate surface area is 161 Å². The summed E-state index contributed by atoms with van der Waals surface area (Å²) in [6.45, 7) is 5.31. The quantitative estimate of drug-likeness (QED) is 0.827. The van der Waals surface area contributed by atoms with Gasteiger partial charge in [-0.1, -0.05) is 30.3 Å². The second kappa shape index (κ2) is 8.19. The molecule has 0 N–H and O–H groups in total. The molecule has 144 valence electrons. The molecular weight excluding hydrogens is 340 g/mol. The zero-order valence-corrected chi connectivity index (χ0v) is 16.2. The first kappa shape index (κ1) is 18.1. The van der Waals surface area contributed by atoms with E-state index >= 15 is 0 Å². The molecule has 2 aliphatic rings. The van der Waals surface area contributed by atoms with Gasteiger partial charge in [-0.25, -0.2) is 0 Å². The molecule has 5 nitrogen and oxygen atoms in total. The van der Waals surface area contributed by atoms with Gasteiger partial charge >= 0.3 is 0 Å². The van der Waals surface area contributed by atoms with Gasteiger partial charge in [0.05, 0.1) is 20.3 Å². The lowest BCUT2D eigenvalue weighted by molar-refractivity contribution is 0.0898. The van der Waals surface area contributed by atoms with Crippen LogP contribution < -0.4 is 14.2 Å². The summed E-state index contributed by atoms with van der Waals surface area (Å²) in [5, 5.41) is 0. The van der Waals surface area contributed by atoms with Crippen molar-refractivity contribution in [1.29, 1.82) is 0 Å². The lowest BCUT2D eigenvalue weighted by Gasteiger charge is -2.40. The van der Waals surface area contributed by atoms with Crippen LogP contribution in [0.3, 0.4) is 0 Å². The van der Waals surface area contributed by atoms with Crippen LogP contribution >= 0.6 is 0 Å². The Morgan fingerprint density at radius 3 is 2.52 bits per heavy atom. The Bertz CT molecular complexity index is 766. The van der Waals surface area contributed by atoms with Crippen molar-refractivity contribution in [3.05, 3.63) is 53.6 Å². The Hall–Kier alpha value is -2.24. The van der Waals surface area contributed by atoms with Gasteiger partial charge < -0.3 is 14.2 Å². The number of fused-ring (bicyclic) bond motifs is 1. The van der Waals surface area contributed by atoms with Crippen molar-refractivity contribution in [2.45, 2.75) is 19.0 Å². The van der Waals surface area contributed by atoms with Gasteiger partial charge in [-0.2, -0.15) is 0 Å².